The molecule has 0 unspecified atom stereocenters. The van der Waals surface area contributed by atoms with Crippen molar-refractivity contribution in [3.8, 4) is 0 Å². The van der Waals surface area contributed by atoms with Gasteiger partial charge in [0.1, 0.15) is 0 Å². The van der Waals surface area contributed by atoms with Crippen LogP contribution in [0.25, 0.3) is 10.9 Å². The monoisotopic (exact) mass is 205 g/mol. The molecule has 3 heteroatoms. The Kier molecular flexibility index (Phi) is 3.04. The second kappa shape index (κ2) is 4.47. The number of benzene rings is 1. The Hall–Kier alpha value is -1.32. The zero-order chi connectivity index (χ0) is 10.7. The van der Waals surface area contributed by atoms with E-state index in [1.807, 2.05) is 6.20 Å². The lowest BCUT2D eigenvalue weighted by molar-refractivity contribution is 0.184. The first-order valence-corrected chi connectivity index (χ1v) is 4.92. The van der Waals surface area contributed by atoms with Crippen LogP contribution in [0.2, 0.25) is 0 Å². The lowest BCUT2D eigenvalue weighted by atomic mass is 10.1. The highest BCUT2D eigenvalue weighted by atomic mass is 16.5. The zero-order valence-electron chi connectivity index (χ0n) is 9.04. The SMILES string of the molecule is COCc1ccc(COC)c2[nH]ccc12. The van der Waals surface area contributed by atoms with Gasteiger partial charge in [-0.1, -0.05) is 12.1 Å². The first kappa shape index (κ1) is 10.2. The van der Waals surface area contributed by atoms with Gasteiger partial charge in [-0.2, -0.15) is 0 Å². The molecule has 2 rings (SSSR count). The van der Waals surface area contributed by atoms with E-state index in [0.717, 1.165) is 5.52 Å². The summed E-state index contributed by atoms with van der Waals surface area (Å²) in [6, 6.07) is 6.24. The molecular weight excluding hydrogens is 190 g/mol. The molecule has 0 atom stereocenters. The lowest BCUT2D eigenvalue weighted by Crippen LogP contribution is -1.93. The number of rotatable bonds is 4. The topological polar surface area (TPSA) is 34.2 Å². The molecule has 0 radical (unpaired) electrons. The third kappa shape index (κ3) is 1.89. The Morgan fingerprint density at radius 3 is 2.40 bits per heavy atom. The van der Waals surface area contributed by atoms with Crippen molar-refractivity contribution in [3.63, 3.8) is 0 Å². The Labute approximate surface area is 89.0 Å². The van der Waals surface area contributed by atoms with Gasteiger partial charge < -0.3 is 14.5 Å². The highest BCUT2D eigenvalue weighted by Crippen LogP contribution is 2.22. The van der Waals surface area contributed by atoms with Crippen molar-refractivity contribution in [2.75, 3.05) is 14.2 Å². The van der Waals surface area contributed by atoms with E-state index in [0.29, 0.717) is 13.2 Å². The molecule has 80 valence electrons. The van der Waals surface area contributed by atoms with Gasteiger partial charge in [0.05, 0.1) is 18.7 Å². The molecule has 0 saturated carbocycles. The Morgan fingerprint density at radius 2 is 1.67 bits per heavy atom. The molecule has 1 aromatic heterocycles. The molecule has 0 amide bonds. The molecule has 0 saturated heterocycles. The number of aromatic nitrogens is 1. The Balaban J connectivity index is 2.50. The molecule has 1 aromatic carbocycles. The summed E-state index contributed by atoms with van der Waals surface area (Å²) < 4.78 is 10.3. The van der Waals surface area contributed by atoms with E-state index in [2.05, 4.69) is 23.2 Å². The number of hydrogen-bond donors (Lipinski definition) is 1. The van der Waals surface area contributed by atoms with Crippen LogP contribution in [0.15, 0.2) is 24.4 Å². The van der Waals surface area contributed by atoms with Crippen LogP contribution in [0.4, 0.5) is 0 Å². The summed E-state index contributed by atoms with van der Waals surface area (Å²) in [6.07, 6.45) is 1.95. The summed E-state index contributed by atoms with van der Waals surface area (Å²) in [5.41, 5.74) is 3.53. The molecule has 1 N–H and O–H groups in total. The van der Waals surface area contributed by atoms with Gasteiger partial charge in [0.2, 0.25) is 0 Å². The third-order valence-corrected chi connectivity index (χ3v) is 2.50. The number of H-pyrrole nitrogens is 1. The number of aromatic amines is 1. The number of nitrogens with one attached hydrogen (secondary N) is 1. The van der Waals surface area contributed by atoms with Gasteiger partial charge in [-0.05, 0) is 11.6 Å². The van der Waals surface area contributed by atoms with Crippen molar-refractivity contribution in [1.82, 2.24) is 4.98 Å². The van der Waals surface area contributed by atoms with Crippen molar-refractivity contribution in [1.29, 1.82) is 0 Å². The summed E-state index contributed by atoms with van der Waals surface area (Å²) >= 11 is 0. The maximum Gasteiger partial charge on any atom is 0.0733 e. The Bertz CT molecular complexity index is 408. The predicted molar refractivity (Wildman–Crippen MR) is 59.7 cm³/mol. The van der Waals surface area contributed by atoms with Gasteiger partial charge >= 0.3 is 0 Å². The average molecular weight is 205 g/mol. The molecule has 0 aliphatic heterocycles. The largest absolute Gasteiger partial charge is 0.380 e. The first-order valence-electron chi connectivity index (χ1n) is 4.92. The molecule has 0 spiro atoms. The minimum atomic E-state index is 0.629. The van der Waals surface area contributed by atoms with Crippen LogP contribution in [0.3, 0.4) is 0 Å². The van der Waals surface area contributed by atoms with Gasteiger partial charge in [0.25, 0.3) is 0 Å². The Morgan fingerprint density at radius 1 is 1.00 bits per heavy atom. The number of hydrogen-bond acceptors (Lipinski definition) is 2. The molecule has 0 aliphatic rings. The van der Waals surface area contributed by atoms with Gasteiger partial charge in [-0.3, -0.25) is 0 Å². The van der Waals surface area contributed by atoms with E-state index in [4.69, 9.17) is 9.47 Å². The maximum atomic E-state index is 5.16. The molecule has 15 heavy (non-hydrogen) atoms. The van der Waals surface area contributed by atoms with Crippen LogP contribution in [0, 0.1) is 0 Å². The van der Waals surface area contributed by atoms with Gasteiger partial charge in [-0.25, -0.2) is 0 Å². The van der Waals surface area contributed by atoms with E-state index in [1.54, 1.807) is 14.2 Å². The minimum absolute atomic E-state index is 0.629. The van der Waals surface area contributed by atoms with E-state index < -0.39 is 0 Å². The zero-order valence-corrected chi connectivity index (χ0v) is 9.04. The number of fused-ring (bicyclic) bond motifs is 1. The van der Waals surface area contributed by atoms with Gasteiger partial charge in [0.15, 0.2) is 0 Å². The van der Waals surface area contributed by atoms with Crippen molar-refractivity contribution >= 4 is 10.9 Å². The summed E-state index contributed by atoms with van der Waals surface area (Å²) in [5.74, 6) is 0. The second-order valence-electron chi connectivity index (χ2n) is 3.52. The minimum Gasteiger partial charge on any atom is -0.380 e. The van der Waals surface area contributed by atoms with E-state index in [9.17, 15) is 0 Å². The quantitative estimate of drug-likeness (QED) is 0.832. The van der Waals surface area contributed by atoms with Crippen LogP contribution in [-0.2, 0) is 22.7 Å². The third-order valence-electron chi connectivity index (χ3n) is 2.50. The molecule has 0 aliphatic carbocycles. The fraction of sp³-hybridized carbons (Fsp3) is 0.333. The molecule has 1 heterocycles. The first-order chi connectivity index (χ1) is 7.36. The van der Waals surface area contributed by atoms with Crippen LogP contribution in [0.5, 0.6) is 0 Å². The number of methoxy groups -OCH3 is 2. The van der Waals surface area contributed by atoms with Gasteiger partial charge in [0, 0.05) is 31.4 Å². The van der Waals surface area contributed by atoms with E-state index in [1.165, 1.54) is 16.5 Å². The molecule has 2 aromatic rings. The molecule has 3 nitrogen and oxygen atoms in total. The summed E-state index contributed by atoms with van der Waals surface area (Å²) in [6.45, 7) is 1.27. The smallest absolute Gasteiger partial charge is 0.0733 e. The highest BCUT2D eigenvalue weighted by Gasteiger charge is 2.06. The fourth-order valence-electron chi connectivity index (χ4n) is 1.83. The number of ether oxygens (including phenoxy) is 2. The van der Waals surface area contributed by atoms with Crippen molar-refractivity contribution in [3.05, 3.63) is 35.5 Å². The summed E-state index contributed by atoms with van der Waals surface area (Å²) in [7, 11) is 3.42. The predicted octanol–water partition coefficient (Wildman–Crippen LogP) is 2.46. The van der Waals surface area contributed by atoms with Crippen molar-refractivity contribution < 1.29 is 9.47 Å². The highest BCUT2D eigenvalue weighted by molar-refractivity contribution is 5.85. The van der Waals surface area contributed by atoms with E-state index >= 15 is 0 Å². The van der Waals surface area contributed by atoms with Crippen LogP contribution in [0.1, 0.15) is 11.1 Å². The molecule has 0 fully saturated rings. The lowest BCUT2D eigenvalue weighted by Gasteiger charge is -2.06. The fourth-order valence-corrected chi connectivity index (χ4v) is 1.83. The summed E-state index contributed by atoms with van der Waals surface area (Å²) in [5, 5.41) is 1.21. The van der Waals surface area contributed by atoms with E-state index in [-0.39, 0.29) is 0 Å². The van der Waals surface area contributed by atoms with Crippen LogP contribution in [-0.4, -0.2) is 19.2 Å². The molecule has 0 bridgehead atoms. The normalized spacial score (nSPS) is 11.1. The van der Waals surface area contributed by atoms with Crippen LogP contribution >= 0.6 is 0 Å². The average Bonchev–Trinajstić information content (AvgIpc) is 2.71. The van der Waals surface area contributed by atoms with Crippen LogP contribution < -0.4 is 0 Å². The standard InChI is InChI=1S/C12H15NO2/c1-14-7-9-3-4-10(8-15-2)12-11(9)5-6-13-12/h3-6,13H,7-8H2,1-2H3. The maximum absolute atomic E-state index is 5.16. The van der Waals surface area contributed by atoms with Crippen molar-refractivity contribution in [2.45, 2.75) is 13.2 Å². The van der Waals surface area contributed by atoms with Gasteiger partial charge in [-0.15, -0.1) is 0 Å². The second-order valence-corrected chi connectivity index (χ2v) is 3.52. The molecular formula is C12H15NO2. The van der Waals surface area contributed by atoms with Crippen molar-refractivity contribution in [2.24, 2.45) is 0 Å². The summed E-state index contributed by atoms with van der Waals surface area (Å²) in [4.78, 5) is 3.24.